The lowest BCUT2D eigenvalue weighted by Crippen LogP contribution is -2.54. The number of cyclic esters (lactones) is 1. The van der Waals surface area contributed by atoms with Crippen LogP contribution in [0.2, 0.25) is 0 Å². The molecule has 0 radical (unpaired) electrons. The van der Waals surface area contributed by atoms with Crippen LogP contribution in [-0.2, 0) is 21.0 Å². The average molecular weight is 542 g/mol. The first kappa shape index (κ1) is 29.8. The molecule has 2 bridgehead atoms. The van der Waals surface area contributed by atoms with Gasteiger partial charge in [-0.25, -0.2) is 9.37 Å². The summed E-state index contributed by atoms with van der Waals surface area (Å²) in [5.74, 6) is -1.95. The van der Waals surface area contributed by atoms with Gasteiger partial charge in [-0.05, 0) is 61.5 Å². The minimum absolute atomic E-state index is 0.148. The van der Waals surface area contributed by atoms with E-state index in [2.05, 4.69) is 4.98 Å². The number of thiazole rings is 1. The van der Waals surface area contributed by atoms with Crippen molar-refractivity contribution in [2.24, 2.45) is 28.6 Å². The normalized spacial score (nSPS) is 38.7. The molecule has 2 aliphatic rings. The number of hydrogen-bond acceptors (Lipinski definition) is 7. The topological polar surface area (TPSA) is 96.7 Å². The lowest BCUT2D eigenvalue weighted by Gasteiger charge is -2.46. The Balaban J connectivity index is 1.94. The van der Waals surface area contributed by atoms with Gasteiger partial charge in [-0.1, -0.05) is 34.1 Å². The van der Waals surface area contributed by atoms with Gasteiger partial charge in [0.05, 0.1) is 36.4 Å². The maximum atomic E-state index is 14.4. The first-order valence-corrected chi connectivity index (χ1v) is 14.1. The second-order valence-electron chi connectivity index (χ2n) is 11.7. The van der Waals surface area contributed by atoms with Gasteiger partial charge in [0, 0.05) is 11.3 Å². The van der Waals surface area contributed by atoms with E-state index in [1.165, 1.54) is 11.3 Å². The minimum Gasteiger partial charge on any atom is -0.458 e. The molecule has 2 fully saturated rings. The number of alkyl halides is 2. The van der Waals surface area contributed by atoms with Gasteiger partial charge in [0.15, 0.2) is 0 Å². The Bertz CT molecular complexity index is 999. The quantitative estimate of drug-likeness (QED) is 0.492. The van der Waals surface area contributed by atoms with Crippen molar-refractivity contribution < 1.29 is 33.3 Å². The molecule has 208 valence electrons. The van der Waals surface area contributed by atoms with Crippen molar-refractivity contribution >= 4 is 29.2 Å². The van der Waals surface area contributed by atoms with Crippen LogP contribution >= 0.6 is 11.3 Å². The zero-order chi connectivity index (χ0) is 27.5. The van der Waals surface area contributed by atoms with Gasteiger partial charge in [-0.2, -0.15) is 0 Å². The fourth-order valence-electron chi connectivity index (χ4n) is 5.94. The number of carbonyl (C=O) groups is 2. The van der Waals surface area contributed by atoms with Gasteiger partial charge >= 0.3 is 5.97 Å². The molecule has 1 aromatic rings. The highest BCUT2D eigenvalue weighted by atomic mass is 32.1. The van der Waals surface area contributed by atoms with Crippen LogP contribution in [0, 0.1) is 28.6 Å². The highest BCUT2D eigenvalue weighted by molar-refractivity contribution is 7.09. The Hall–Kier alpha value is -1.71. The molecule has 2 heterocycles. The number of carbonyl (C=O) groups excluding carboxylic acids is 2. The van der Waals surface area contributed by atoms with Crippen LogP contribution in [0.25, 0.3) is 6.08 Å². The van der Waals surface area contributed by atoms with Crippen molar-refractivity contribution in [3.05, 3.63) is 21.7 Å². The predicted molar refractivity (Wildman–Crippen MR) is 139 cm³/mol. The van der Waals surface area contributed by atoms with E-state index in [4.69, 9.17) is 4.74 Å². The van der Waals surface area contributed by atoms with Gasteiger partial charge < -0.3 is 14.9 Å². The molecule has 9 heteroatoms. The van der Waals surface area contributed by atoms with Gasteiger partial charge in [-0.15, -0.1) is 11.3 Å². The van der Waals surface area contributed by atoms with Crippen molar-refractivity contribution in [3.8, 4) is 0 Å². The smallest absolute Gasteiger partial charge is 0.309 e. The number of fused-ring (bicyclic) bond motifs is 2. The van der Waals surface area contributed by atoms with Gasteiger partial charge in [-0.3, -0.25) is 14.0 Å². The van der Waals surface area contributed by atoms with Gasteiger partial charge in [0.2, 0.25) is 0 Å². The molecular weight excluding hydrogens is 500 g/mol. The summed E-state index contributed by atoms with van der Waals surface area (Å²) in [4.78, 5) is 30.4. The molecule has 37 heavy (non-hydrogen) atoms. The van der Waals surface area contributed by atoms with E-state index in [-0.39, 0.29) is 30.5 Å². The number of rotatable bonds is 4. The van der Waals surface area contributed by atoms with E-state index in [0.29, 0.717) is 42.0 Å². The maximum Gasteiger partial charge on any atom is 0.309 e. The van der Waals surface area contributed by atoms with Crippen LogP contribution in [0.1, 0.15) is 83.8 Å². The molecule has 0 unspecified atom stereocenters. The van der Waals surface area contributed by atoms with Crippen LogP contribution in [0.3, 0.4) is 0 Å². The third kappa shape index (κ3) is 6.48. The van der Waals surface area contributed by atoms with E-state index >= 15 is 0 Å². The van der Waals surface area contributed by atoms with Crippen LogP contribution in [0.15, 0.2) is 11.0 Å². The zero-order valence-electron chi connectivity index (χ0n) is 22.5. The molecule has 0 aromatic carbocycles. The number of nitrogens with zero attached hydrogens (tertiary/aromatic N) is 1. The lowest BCUT2D eigenvalue weighted by atomic mass is 9.60. The van der Waals surface area contributed by atoms with E-state index in [9.17, 15) is 28.6 Å². The molecule has 1 aromatic heterocycles. The monoisotopic (exact) mass is 541 g/mol. The first-order chi connectivity index (χ1) is 17.3. The van der Waals surface area contributed by atoms with Crippen molar-refractivity contribution in [2.45, 2.75) is 98.1 Å². The lowest BCUT2D eigenvalue weighted by molar-refractivity contribution is -0.162. The summed E-state index contributed by atoms with van der Waals surface area (Å²) in [5.41, 5.74) is -0.602. The van der Waals surface area contributed by atoms with Crippen LogP contribution in [0.4, 0.5) is 8.78 Å². The summed E-state index contributed by atoms with van der Waals surface area (Å²) in [6.45, 7) is 7.77. The first-order valence-electron chi connectivity index (χ1n) is 13.2. The molecule has 0 spiro atoms. The molecule has 3 rings (SSSR count). The second-order valence-corrected chi connectivity index (χ2v) is 12.7. The summed E-state index contributed by atoms with van der Waals surface area (Å²) >= 11 is 1.20. The standard InChI is InChI=1S/C28H41F2NO5S/c1-16(9-20-14-37-23(13-29)31-20)21-10-17(2)27(4,15-30)8-6-7-19-12-28(5,22(32)11-24(33)36-21)26(35)18(3)25(19)34/h9,14,17-19,21-22,25,32,34H,6-8,10-13,15H2,1-5H3/b16-9+/t17-,18+,19+,21-,22-,25+,27+,28+/m0/s1. The number of aliphatic hydroxyl groups excluding tert-OH is 2. The minimum atomic E-state index is -1.25. The third-order valence-electron chi connectivity index (χ3n) is 8.98. The summed E-state index contributed by atoms with van der Waals surface area (Å²) < 4.78 is 33.3. The number of aliphatic hydroxyl groups is 2. The molecule has 1 saturated heterocycles. The highest BCUT2D eigenvalue weighted by Crippen LogP contribution is 2.46. The van der Waals surface area contributed by atoms with E-state index in [1.54, 1.807) is 32.2 Å². The summed E-state index contributed by atoms with van der Waals surface area (Å²) in [6, 6.07) is 0. The van der Waals surface area contributed by atoms with Crippen molar-refractivity contribution in [1.29, 1.82) is 0 Å². The van der Waals surface area contributed by atoms with Gasteiger partial charge in [0.1, 0.15) is 23.6 Å². The number of esters is 1. The highest BCUT2D eigenvalue weighted by Gasteiger charge is 2.52. The van der Waals surface area contributed by atoms with E-state index in [1.807, 2.05) is 13.8 Å². The Morgan fingerprint density at radius 2 is 1.97 bits per heavy atom. The summed E-state index contributed by atoms with van der Waals surface area (Å²) in [7, 11) is 0. The SMILES string of the molecule is C/C(=C\c1csc(CF)n1)[C@@H]1C[C@H](C)[C@@](C)(CF)CCC[C@@H]2C[C@@](C)(C(=O)[C@H](C)[C@H]2O)[C@@H](O)CC(=O)O1. The molecule has 0 amide bonds. The van der Waals surface area contributed by atoms with E-state index < -0.39 is 54.4 Å². The van der Waals surface area contributed by atoms with Crippen molar-refractivity contribution in [3.63, 3.8) is 0 Å². The van der Waals surface area contributed by atoms with Crippen LogP contribution in [0.5, 0.6) is 0 Å². The molecule has 1 saturated carbocycles. The third-order valence-corrected chi connectivity index (χ3v) is 9.81. The molecule has 1 aliphatic carbocycles. The largest absolute Gasteiger partial charge is 0.458 e. The van der Waals surface area contributed by atoms with E-state index in [0.717, 1.165) is 0 Å². The number of ether oxygens (including phenoxy) is 1. The Kier molecular flexibility index (Phi) is 9.67. The van der Waals surface area contributed by atoms with Crippen LogP contribution < -0.4 is 0 Å². The van der Waals surface area contributed by atoms with Crippen LogP contribution in [-0.4, -0.2) is 51.9 Å². The Morgan fingerprint density at radius 3 is 2.59 bits per heavy atom. The second kappa shape index (κ2) is 12.0. The Labute approximate surface area is 222 Å². The van der Waals surface area contributed by atoms with Crippen molar-refractivity contribution in [1.82, 2.24) is 4.98 Å². The maximum absolute atomic E-state index is 14.4. The molecule has 1 aliphatic heterocycles. The van der Waals surface area contributed by atoms with Crippen molar-refractivity contribution in [2.75, 3.05) is 6.67 Å². The molecule has 6 nitrogen and oxygen atoms in total. The molecule has 8 atom stereocenters. The van der Waals surface area contributed by atoms with Gasteiger partial charge in [0.25, 0.3) is 0 Å². The fraction of sp³-hybridized carbons (Fsp3) is 0.750. The number of ketones is 1. The molecular formula is C28H41F2NO5S. The number of halogens is 2. The molecule has 2 N–H and O–H groups in total. The Morgan fingerprint density at radius 1 is 1.27 bits per heavy atom. The number of hydrogen-bond donors (Lipinski definition) is 2. The number of Topliss-reactive ketones (excluding diaryl/α,β-unsaturated/α-hetero) is 1. The number of aromatic nitrogens is 1. The summed E-state index contributed by atoms with van der Waals surface area (Å²) in [5, 5.41) is 24.0. The fourth-order valence-corrected chi connectivity index (χ4v) is 6.54. The average Bonchev–Trinajstić information content (AvgIpc) is 3.31. The predicted octanol–water partition coefficient (Wildman–Crippen LogP) is 5.46. The summed E-state index contributed by atoms with van der Waals surface area (Å²) in [6.07, 6.45) is 1.08. The zero-order valence-corrected chi connectivity index (χ0v) is 23.3.